The predicted octanol–water partition coefficient (Wildman–Crippen LogP) is 1.57. The lowest BCUT2D eigenvalue weighted by molar-refractivity contribution is 0.188. The summed E-state index contributed by atoms with van der Waals surface area (Å²) in [5.74, 6) is 0.752. The Morgan fingerprint density at radius 2 is 2.43 bits per heavy atom. The van der Waals surface area contributed by atoms with E-state index in [1.165, 1.54) is 24.3 Å². The Kier molecular flexibility index (Phi) is 3.21. The van der Waals surface area contributed by atoms with Crippen molar-refractivity contribution in [2.45, 2.75) is 18.9 Å². The van der Waals surface area contributed by atoms with Crippen molar-refractivity contribution in [3.63, 3.8) is 0 Å². The molecule has 2 N–H and O–H groups in total. The third kappa shape index (κ3) is 2.56. The minimum absolute atomic E-state index is 0.374. The van der Waals surface area contributed by atoms with E-state index in [1.54, 1.807) is 0 Å². The van der Waals surface area contributed by atoms with Crippen molar-refractivity contribution in [3.05, 3.63) is 22.4 Å². The van der Waals surface area contributed by atoms with Crippen LogP contribution >= 0.6 is 11.3 Å². The average Bonchev–Trinajstić information content (AvgIpc) is 2.54. The van der Waals surface area contributed by atoms with Gasteiger partial charge in [0, 0.05) is 24.0 Å². The van der Waals surface area contributed by atoms with Crippen LogP contribution in [0.2, 0.25) is 0 Å². The standard InChI is InChI=1S/C11H18N2S/c1-13-7-9(5-10(12)8-13)6-11-3-2-4-14-11/h2-4,9-10H,5-8,12H2,1H3. The molecule has 2 heterocycles. The summed E-state index contributed by atoms with van der Waals surface area (Å²) in [5, 5.41) is 2.15. The van der Waals surface area contributed by atoms with Gasteiger partial charge < -0.3 is 10.6 Å². The van der Waals surface area contributed by atoms with E-state index in [0.29, 0.717) is 6.04 Å². The van der Waals surface area contributed by atoms with Gasteiger partial charge in [0.1, 0.15) is 0 Å². The summed E-state index contributed by atoms with van der Waals surface area (Å²) in [6.45, 7) is 2.26. The third-order valence-electron chi connectivity index (χ3n) is 2.82. The highest BCUT2D eigenvalue weighted by Crippen LogP contribution is 2.21. The van der Waals surface area contributed by atoms with Gasteiger partial charge in [-0.1, -0.05) is 6.07 Å². The van der Waals surface area contributed by atoms with Gasteiger partial charge in [-0.3, -0.25) is 0 Å². The molecule has 78 valence electrons. The maximum atomic E-state index is 6.01. The highest BCUT2D eigenvalue weighted by Gasteiger charge is 2.22. The molecule has 2 unspecified atom stereocenters. The summed E-state index contributed by atoms with van der Waals surface area (Å²) >= 11 is 1.86. The summed E-state index contributed by atoms with van der Waals surface area (Å²) in [6, 6.07) is 4.73. The van der Waals surface area contributed by atoms with Crippen LogP contribution in [0.25, 0.3) is 0 Å². The van der Waals surface area contributed by atoms with Crippen molar-refractivity contribution in [3.8, 4) is 0 Å². The Morgan fingerprint density at radius 3 is 3.07 bits per heavy atom. The lowest BCUT2D eigenvalue weighted by Crippen LogP contribution is -2.45. The molecule has 1 aliphatic heterocycles. The third-order valence-corrected chi connectivity index (χ3v) is 3.72. The number of piperidine rings is 1. The van der Waals surface area contributed by atoms with Gasteiger partial charge in [-0.2, -0.15) is 0 Å². The smallest absolute Gasteiger partial charge is 0.0170 e. The molecule has 0 amide bonds. The fourth-order valence-corrected chi connectivity index (χ4v) is 3.17. The lowest BCUT2D eigenvalue weighted by atomic mass is 9.92. The van der Waals surface area contributed by atoms with Crippen LogP contribution in [0.5, 0.6) is 0 Å². The Morgan fingerprint density at radius 1 is 1.57 bits per heavy atom. The maximum Gasteiger partial charge on any atom is 0.0170 e. The van der Waals surface area contributed by atoms with E-state index < -0.39 is 0 Å². The molecule has 2 rings (SSSR count). The Labute approximate surface area is 89.7 Å². The SMILES string of the molecule is CN1CC(N)CC(Cc2cccs2)C1. The van der Waals surface area contributed by atoms with Crippen molar-refractivity contribution < 1.29 is 0 Å². The van der Waals surface area contributed by atoms with Crippen LogP contribution in [0, 0.1) is 5.92 Å². The van der Waals surface area contributed by atoms with Crippen LogP contribution in [-0.2, 0) is 6.42 Å². The largest absolute Gasteiger partial charge is 0.327 e. The van der Waals surface area contributed by atoms with Gasteiger partial charge in [0.2, 0.25) is 0 Å². The Bertz CT molecular complexity index is 261. The molecule has 1 saturated heterocycles. The van der Waals surface area contributed by atoms with E-state index in [2.05, 4.69) is 29.5 Å². The summed E-state index contributed by atoms with van der Waals surface area (Å²) in [7, 11) is 2.17. The number of thiophene rings is 1. The highest BCUT2D eigenvalue weighted by molar-refractivity contribution is 7.09. The molecule has 1 aliphatic rings. The fourth-order valence-electron chi connectivity index (χ4n) is 2.35. The van der Waals surface area contributed by atoms with Crippen molar-refractivity contribution in [2.24, 2.45) is 11.7 Å². The zero-order valence-electron chi connectivity index (χ0n) is 8.65. The van der Waals surface area contributed by atoms with Crippen LogP contribution in [0.1, 0.15) is 11.3 Å². The van der Waals surface area contributed by atoms with Gasteiger partial charge >= 0.3 is 0 Å². The lowest BCUT2D eigenvalue weighted by Gasteiger charge is -2.33. The molecule has 0 bridgehead atoms. The maximum absolute atomic E-state index is 6.01. The van der Waals surface area contributed by atoms with E-state index in [-0.39, 0.29) is 0 Å². The summed E-state index contributed by atoms with van der Waals surface area (Å²) in [4.78, 5) is 3.85. The van der Waals surface area contributed by atoms with Crippen LogP contribution in [0.3, 0.4) is 0 Å². The number of rotatable bonds is 2. The molecule has 0 spiro atoms. The zero-order chi connectivity index (χ0) is 9.97. The van der Waals surface area contributed by atoms with Gasteiger partial charge in [-0.05, 0) is 37.3 Å². The van der Waals surface area contributed by atoms with Crippen molar-refractivity contribution >= 4 is 11.3 Å². The zero-order valence-corrected chi connectivity index (χ0v) is 9.46. The summed E-state index contributed by atoms with van der Waals surface area (Å²) in [6.07, 6.45) is 2.39. The molecule has 0 aliphatic carbocycles. The topological polar surface area (TPSA) is 29.3 Å². The molecule has 0 aromatic carbocycles. The number of likely N-dealkylation sites (tertiary alicyclic amines) is 1. The molecule has 3 heteroatoms. The van der Waals surface area contributed by atoms with Gasteiger partial charge in [0.25, 0.3) is 0 Å². The van der Waals surface area contributed by atoms with Gasteiger partial charge in [-0.15, -0.1) is 11.3 Å². The van der Waals surface area contributed by atoms with Crippen LogP contribution in [0.15, 0.2) is 17.5 Å². The molecule has 1 aromatic rings. The number of nitrogens with zero attached hydrogens (tertiary/aromatic N) is 1. The second kappa shape index (κ2) is 4.43. The normalized spacial score (nSPS) is 29.3. The second-order valence-electron chi connectivity index (χ2n) is 4.37. The summed E-state index contributed by atoms with van der Waals surface area (Å²) in [5.41, 5.74) is 6.01. The monoisotopic (exact) mass is 210 g/mol. The van der Waals surface area contributed by atoms with Crippen LogP contribution < -0.4 is 5.73 Å². The molecule has 0 saturated carbocycles. The van der Waals surface area contributed by atoms with E-state index in [4.69, 9.17) is 5.73 Å². The minimum Gasteiger partial charge on any atom is -0.327 e. The molecular formula is C11H18N2S. The number of hydrogen-bond donors (Lipinski definition) is 1. The van der Waals surface area contributed by atoms with Crippen molar-refractivity contribution in [1.29, 1.82) is 0 Å². The molecule has 0 radical (unpaired) electrons. The molecule has 1 aromatic heterocycles. The average molecular weight is 210 g/mol. The van der Waals surface area contributed by atoms with Gasteiger partial charge in [0.05, 0.1) is 0 Å². The first-order valence-corrected chi connectivity index (χ1v) is 6.08. The van der Waals surface area contributed by atoms with Crippen molar-refractivity contribution in [1.82, 2.24) is 4.90 Å². The second-order valence-corrected chi connectivity index (χ2v) is 5.40. The van der Waals surface area contributed by atoms with Gasteiger partial charge in [-0.25, -0.2) is 0 Å². The molecule has 1 fully saturated rings. The molecule has 2 atom stereocenters. The molecule has 2 nitrogen and oxygen atoms in total. The van der Waals surface area contributed by atoms with E-state index in [1.807, 2.05) is 11.3 Å². The first kappa shape index (κ1) is 10.1. The van der Waals surface area contributed by atoms with E-state index in [9.17, 15) is 0 Å². The first-order chi connectivity index (χ1) is 6.74. The Hall–Kier alpha value is -0.380. The fraction of sp³-hybridized carbons (Fsp3) is 0.636. The van der Waals surface area contributed by atoms with E-state index >= 15 is 0 Å². The van der Waals surface area contributed by atoms with Crippen LogP contribution in [0.4, 0.5) is 0 Å². The Balaban J connectivity index is 1.91. The minimum atomic E-state index is 0.374. The highest BCUT2D eigenvalue weighted by atomic mass is 32.1. The first-order valence-electron chi connectivity index (χ1n) is 5.20. The molecular weight excluding hydrogens is 192 g/mol. The van der Waals surface area contributed by atoms with Crippen molar-refractivity contribution in [2.75, 3.05) is 20.1 Å². The number of likely N-dealkylation sites (N-methyl/N-ethyl adjacent to an activating group) is 1. The number of nitrogens with two attached hydrogens (primary N) is 1. The van der Waals surface area contributed by atoms with Crippen LogP contribution in [-0.4, -0.2) is 31.1 Å². The van der Waals surface area contributed by atoms with E-state index in [0.717, 1.165) is 12.5 Å². The van der Waals surface area contributed by atoms with Gasteiger partial charge in [0.15, 0.2) is 0 Å². The summed E-state index contributed by atoms with van der Waals surface area (Å²) < 4.78 is 0. The molecule has 14 heavy (non-hydrogen) atoms. The number of hydrogen-bond acceptors (Lipinski definition) is 3. The predicted molar refractivity (Wildman–Crippen MR) is 61.6 cm³/mol. The quantitative estimate of drug-likeness (QED) is 0.803.